The number of anilines is 2. The summed E-state index contributed by atoms with van der Waals surface area (Å²) in [6.07, 6.45) is 8.60. The average molecular weight is 217 g/mol. The number of aromatic nitrogens is 1. The fourth-order valence-electron chi connectivity index (χ4n) is 2.39. The molecule has 1 aromatic heterocycles. The maximum atomic E-state index is 4.54. The van der Waals surface area contributed by atoms with E-state index >= 15 is 0 Å². The number of hydrogen-bond donors (Lipinski definition) is 1. The Morgan fingerprint density at radius 2 is 1.94 bits per heavy atom. The van der Waals surface area contributed by atoms with Gasteiger partial charge in [0.15, 0.2) is 0 Å². The fourth-order valence-corrected chi connectivity index (χ4v) is 2.39. The second-order valence-corrected chi connectivity index (χ2v) is 4.87. The van der Waals surface area contributed by atoms with Gasteiger partial charge in [-0.25, -0.2) is 4.98 Å². The van der Waals surface area contributed by atoms with Gasteiger partial charge in [-0.2, -0.15) is 0 Å². The quantitative estimate of drug-likeness (QED) is 0.843. The van der Waals surface area contributed by atoms with E-state index < -0.39 is 0 Å². The van der Waals surface area contributed by atoms with E-state index in [1.54, 1.807) is 0 Å². The first kappa shape index (κ1) is 9.94. The van der Waals surface area contributed by atoms with E-state index in [9.17, 15) is 0 Å². The largest absolute Gasteiger partial charge is 0.381 e. The Balaban J connectivity index is 1.64. The summed E-state index contributed by atoms with van der Waals surface area (Å²) in [5.41, 5.74) is 1.17. The number of nitrogens with one attached hydrogen (secondary N) is 1. The number of hydrogen-bond acceptors (Lipinski definition) is 3. The van der Waals surface area contributed by atoms with Crippen LogP contribution in [0.5, 0.6) is 0 Å². The fraction of sp³-hybridized carbons (Fsp3) is 0.615. The van der Waals surface area contributed by atoms with Crippen LogP contribution in [-0.2, 0) is 0 Å². The second kappa shape index (κ2) is 4.32. The van der Waals surface area contributed by atoms with E-state index in [1.165, 1.54) is 50.9 Å². The molecule has 0 unspecified atom stereocenters. The molecule has 0 spiro atoms. The smallest absolute Gasteiger partial charge is 0.128 e. The molecule has 3 nitrogen and oxygen atoms in total. The summed E-state index contributed by atoms with van der Waals surface area (Å²) in [5, 5.41) is 3.52. The lowest BCUT2D eigenvalue weighted by atomic mass is 9.93. The maximum absolute atomic E-state index is 4.54. The van der Waals surface area contributed by atoms with Gasteiger partial charge < -0.3 is 10.2 Å². The van der Waals surface area contributed by atoms with E-state index in [2.05, 4.69) is 27.3 Å². The lowest BCUT2D eigenvalue weighted by Crippen LogP contribution is -2.27. The van der Waals surface area contributed by atoms with Crippen molar-refractivity contribution in [2.45, 2.75) is 38.1 Å². The Morgan fingerprint density at radius 3 is 2.50 bits per heavy atom. The van der Waals surface area contributed by atoms with Crippen molar-refractivity contribution < 1.29 is 0 Å². The molecule has 2 fully saturated rings. The topological polar surface area (TPSA) is 28.2 Å². The summed E-state index contributed by atoms with van der Waals surface area (Å²) in [5.74, 6) is 1.14. The third-order valence-electron chi connectivity index (χ3n) is 3.65. The highest BCUT2D eigenvalue weighted by molar-refractivity contribution is 5.49. The summed E-state index contributed by atoms with van der Waals surface area (Å²) in [6, 6.07) is 5.00. The number of pyridine rings is 1. The Morgan fingerprint density at radius 1 is 1.12 bits per heavy atom. The molecule has 0 bridgehead atoms. The van der Waals surface area contributed by atoms with Crippen LogP contribution < -0.4 is 10.2 Å². The Labute approximate surface area is 96.9 Å². The standard InChI is InChI=1S/C13H19N3/c1-2-9-16(8-1)13-7-6-12(10-14-13)15-11-4-3-5-11/h6-7,10-11,15H,1-5,8-9H2. The first-order valence-electron chi connectivity index (χ1n) is 6.39. The van der Waals surface area contributed by atoms with Crippen LogP contribution in [0, 0.1) is 0 Å². The molecule has 2 heterocycles. The molecule has 3 rings (SSSR count). The Hall–Kier alpha value is -1.25. The van der Waals surface area contributed by atoms with Gasteiger partial charge in [-0.3, -0.25) is 0 Å². The van der Waals surface area contributed by atoms with Crippen LogP contribution in [0.4, 0.5) is 11.5 Å². The molecular formula is C13H19N3. The molecule has 1 aliphatic heterocycles. The van der Waals surface area contributed by atoms with E-state index in [0.717, 1.165) is 5.82 Å². The van der Waals surface area contributed by atoms with Crippen LogP contribution in [0.15, 0.2) is 18.3 Å². The third-order valence-corrected chi connectivity index (χ3v) is 3.65. The first-order valence-corrected chi connectivity index (χ1v) is 6.39. The van der Waals surface area contributed by atoms with Crippen molar-refractivity contribution in [3.63, 3.8) is 0 Å². The maximum Gasteiger partial charge on any atom is 0.128 e. The Bertz CT molecular complexity index is 337. The average Bonchev–Trinajstić information content (AvgIpc) is 2.78. The summed E-state index contributed by atoms with van der Waals surface area (Å²) >= 11 is 0. The molecular weight excluding hydrogens is 198 g/mol. The number of nitrogens with zero attached hydrogens (tertiary/aromatic N) is 2. The van der Waals surface area contributed by atoms with Gasteiger partial charge in [0, 0.05) is 19.1 Å². The molecule has 1 N–H and O–H groups in total. The predicted octanol–water partition coefficient (Wildman–Crippen LogP) is 2.65. The highest BCUT2D eigenvalue weighted by atomic mass is 15.2. The third kappa shape index (κ3) is 1.99. The zero-order valence-electron chi connectivity index (χ0n) is 9.65. The highest BCUT2D eigenvalue weighted by Gasteiger charge is 2.17. The van der Waals surface area contributed by atoms with Crippen LogP contribution in [0.1, 0.15) is 32.1 Å². The molecule has 1 aromatic rings. The SMILES string of the molecule is c1cc(N2CCCC2)ncc1NC1CCC1. The number of rotatable bonds is 3. The molecule has 86 valence electrons. The van der Waals surface area contributed by atoms with Gasteiger partial charge in [0.2, 0.25) is 0 Å². The van der Waals surface area contributed by atoms with Gasteiger partial charge in [0.25, 0.3) is 0 Å². The van der Waals surface area contributed by atoms with Crippen molar-refractivity contribution in [3.05, 3.63) is 18.3 Å². The van der Waals surface area contributed by atoms with Crippen LogP contribution >= 0.6 is 0 Å². The van der Waals surface area contributed by atoms with Crippen molar-refractivity contribution >= 4 is 11.5 Å². The van der Waals surface area contributed by atoms with Crippen LogP contribution in [0.3, 0.4) is 0 Å². The van der Waals surface area contributed by atoms with E-state index in [-0.39, 0.29) is 0 Å². The molecule has 0 atom stereocenters. The van der Waals surface area contributed by atoms with Crippen molar-refractivity contribution in [1.82, 2.24) is 4.98 Å². The van der Waals surface area contributed by atoms with Gasteiger partial charge in [-0.05, 0) is 44.2 Å². The van der Waals surface area contributed by atoms with E-state index in [1.807, 2.05) is 6.20 Å². The van der Waals surface area contributed by atoms with Crippen molar-refractivity contribution in [2.24, 2.45) is 0 Å². The van der Waals surface area contributed by atoms with Crippen molar-refractivity contribution in [2.75, 3.05) is 23.3 Å². The minimum Gasteiger partial charge on any atom is -0.381 e. The second-order valence-electron chi connectivity index (χ2n) is 4.87. The summed E-state index contributed by atoms with van der Waals surface area (Å²) in [7, 11) is 0. The summed E-state index contributed by atoms with van der Waals surface area (Å²) in [6.45, 7) is 2.34. The molecule has 2 aliphatic rings. The predicted molar refractivity (Wildman–Crippen MR) is 66.9 cm³/mol. The van der Waals surface area contributed by atoms with Crippen LogP contribution in [0.25, 0.3) is 0 Å². The Kier molecular flexibility index (Phi) is 2.68. The van der Waals surface area contributed by atoms with Crippen molar-refractivity contribution in [3.8, 4) is 0 Å². The van der Waals surface area contributed by atoms with Gasteiger partial charge in [0.1, 0.15) is 5.82 Å². The molecule has 1 aliphatic carbocycles. The highest BCUT2D eigenvalue weighted by Crippen LogP contribution is 2.24. The zero-order valence-corrected chi connectivity index (χ0v) is 9.65. The minimum absolute atomic E-state index is 0.694. The van der Waals surface area contributed by atoms with Gasteiger partial charge in [0.05, 0.1) is 11.9 Å². The molecule has 3 heteroatoms. The molecule has 1 saturated heterocycles. The molecule has 0 aromatic carbocycles. The first-order chi connectivity index (χ1) is 7.92. The van der Waals surface area contributed by atoms with E-state index in [4.69, 9.17) is 0 Å². The molecule has 0 amide bonds. The normalized spacial score (nSPS) is 20.9. The minimum atomic E-state index is 0.694. The molecule has 16 heavy (non-hydrogen) atoms. The lowest BCUT2D eigenvalue weighted by Gasteiger charge is -2.27. The van der Waals surface area contributed by atoms with Crippen LogP contribution in [-0.4, -0.2) is 24.1 Å². The molecule has 1 saturated carbocycles. The monoisotopic (exact) mass is 217 g/mol. The zero-order chi connectivity index (χ0) is 10.8. The molecule has 0 radical (unpaired) electrons. The van der Waals surface area contributed by atoms with Crippen molar-refractivity contribution in [1.29, 1.82) is 0 Å². The van der Waals surface area contributed by atoms with Gasteiger partial charge in [-0.15, -0.1) is 0 Å². The summed E-state index contributed by atoms with van der Waals surface area (Å²) in [4.78, 5) is 6.90. The van der Waals surface area contributed by atoms with Crippen LogP contribution in [0.2, 0.25) is 0 Å². The lowest BCUT2D eigenvalue weighted by molar-refractivity contribution is 0.445. The summed E-state index contributed by atoms with van der Waals surface area (Å²) < 4.78 is 0. The van der Waals surface area contributed by atoms with E-state index in [0.29, 0.717) is 6.04 Å². The van der Waals surface area contributed by atoms with Gasteiger partial charge >= 0.3 is 0 Å². The van der Waals surface area contributed by atoms with Gasteiger partial charge in [-0.1, -0.05) is 0 Å².